The molecule has 28 heavy (non-hydrogen) atoms. The highest BCUT2D eigenvalue weighted by Gasteiger charge is 2.30. The number of halogens is 1. The van der Waals surface area contributed by atoms with E-state index in [4.69, 9.17) is 16.1 Å². The molecule has 8 heteroatoms. The molecule has 0 aliphatic heterocycles. The first-order valence-corrected chi connectivity index (χ1v) is 9.32. The van der Waals surface area contributed by atoms with Gasteiger partial charge in [-0.1, -0.05) is 28.9 Å². The summed E-state index contributed by atoms with van der Waals surface area (Å²) in [5.41, 5.74) is 2.81. The average molecular weight is 400 g/mol. The molecular weight excluding hydrogens is 382 g/mol. The summed E-state index contributed by atoms with van der Waals surface area (Å²) in [6.45, 7) is 1.46. The summed E-state index contributed by atoms with van der Waals surface area (Å²) in [6.07, 6.45) is 2.03. The maximum Gasteiger partial charge on any atom is 0.323 e. The summed E-state index contributed by atoms with van der Waals surface area (Å²) >= 11 is 5.92. The second kappa shape index (κ2) is 7.24. The molecule has 1 N–H and O–H groups in total. The van der Waals surface area contributed by atoms with Crippen LogP contribution >= 0.6 is 11.6 Å². The van der Waals surface area contributed by atoms with Crippen molar-refractivity contribution in [2.24, 2.45) is 0 Å². The molecule has 144 valence electrons. The van der Waals surface area contributed by atoms with E-state index in [9.17, 15) is 14.7 Å². The molecule has 0 bridgehead atoms. The van der Waals surface area contributed by atoms with E-state index in [1.807, 2.05) is 0 Å². The van der Waals surface area contributed by atoms with Gasteiger partial charge < -0.3 is 14.5 Å². The highest BCUT2D eigenvalue weighted by Crippen LogP contribution is 2.40. The summed E-state index contributed by atoms with van der Waals surface area (Å²) in [5.74, 6) is -1.17. The Bertz CT molecular complexity index is 1060. The summed E-state index contributed by atoms with van der Waals surface area (Å²) in [5, 5.41) is 14.4. The Hall–Kier alpha value is -2.93. The number of hydrogen-bond donors (Lipinski definition) is 1. The topological polar surface area (TPSA) is 96.5 Å². The van der Waals surface area contributed by atoms with E-state index in [1.165, 1.54) is 4.90 Å². The number of carboxylic acids is 1. The number of aliphatic carboxylic acids is 1. The lowest BCUT2D eigenvalue weighted by atomic mass is 10.1. The van der Waals surface area contributed by atoms with Gasteiger partial charge in [-0.05, 0) is 43.5 Å². The molecule has 0 unspecified atom stereocenters. The number of pyridine rings is 1. The SMILES string of the molecule is Cc1noc2nc(C3CC3)cc(C(=O)N(CC(=O)O)Cc3ccc(Cl)cc3)c12. The van der Waals surface area contributed by atoms with E-state index >= 15 is 0 Å². The zero-order chi connectivity index (χ0) is 19.8. The number of benzene rings is 1. The molecule has 4 rings (SSSR count). The van der Waals surface area contributed by atoms with Crippen LogP contribution in [-0.2, 0) is 11.3 Å². The molecule has 1 amide bonds. The van der Waals surface area contributed by atoms with Gasteiger partial charge in [-0.25, -0.2) is 4.98 Å². The Morgan fingerprint density at radius 2 is 2.00 bits per heavy atom. The minimum absolute atomic E-state index is 0.148. The molecule has 1 saturated carbocycles. The van der Waals surface area contributed by atoms with Crippen LogP contribution in [0.5, 0.6) is 0 Å². The van der Waals surface area contributed by atoms with Crippen LogP contribution in [0.4, 0.5) is 0 Å². The quantitative estimate of drug-likeness (QED) is 0.677. The van der Waals surface area contributed by atoms with Crippen LogP contribution in [0.3, 0.4) is 0 Å². The maximum absolute atomic E-state index is 13.4. The van der Waals surface area contributed by atoms with Crippen LogP contribution in [-0.4, -0.2) is 38.6 Å². The van der Waals surface area contributed by atoms with Crippen molar-refractivity contribution in [2.45, 2.75) is 32.2 Å². The molecule has 1 fully saturated rings. The highest BCUT2D eigenvalue weighted by atomic mass is 35.5. The summed E-state index contributed by atoms with van der Waals surface area (Å²) in [6, 6.07) is 8.71. The Morgan fingerprint density at radius 1 is 1.29 bits per heavy atom. The second-order valence-corrected chi connectivity index (χ2v) is 7.43. The molecule has 3 aromatic rings. The van der Waals surface area contributed by atoms with E-state index in [1.54, 1.807) is 37.3 Å². The zero-order valence-corrected chi connectivity index (χ0v) is 15.9. The van der Waals surface area contributed by atoms with Crippen LogP contribution in [0.2, 0.25) is 5.02 Å². The lowest BCUT2D eigenvalue weighted by Gasteiger charge is -2.21. The number of carbonyl (C=O) groups is 2. The molecule has 2 heterocycles. The Kier molecular flexibility index (Phi) is 4.77. The number of carbonyl (C=O) groups excluding carboxylic acids is 1. The maximum atomic E-state index is 13.4. The van der Waals surface area contributed by atoms with Gasteiger partial charge in [-0.3, -0.25) is 9.59 Å². The van der Waals surface area contributed by atoms with Crippen molar-refractivity contribution in [3.8, 4) is 0 Å². The number of fused-ring (bicyclic) bond motifs is 1. The van der Waals surface area contributed by atoms with E-state index in [-0.39, 0.29) is 6.54 Å². The van der Waals surface area contributed by atoms with Crippen molar-refractivity contribution in [2.75, 3.05) is 6.54 Å². The van der Waals surface area contributed by atoms with E-state index < -0.39 is 18.4 Å². The first-order valence-electron chi connectivity index (χ1n) is 8.95. The van der Waals surface area contributed by atoms with Crippen LogP contribution in [0.15, 0.2) is 34.9 Å². The van der Waals surface area contributed by atoms with Gasteiger partial charge in [0, 0.05) is 23.2 Å². The fraction of sp³-hybridized carbons (Fsp3) is 0.300. The predicted octanol–water partition coefficient (Wildman–Crippen LogP) is 3.79. The Balaban J connectivity index is 1.74. The number of nitrogens with zero attached hydrogens (tertiary/aromatic N) is 3. The van der Waals surface area contributed by atoms with Gasteiger partial charge in [0.25, 0.3) is 11.6 Å². The van der Waals surface area contributed by atoms with Gasteiger partial charge in [-0.2, -0.15) is 0 Å². The molecule has 2 aromatic heterocycles. The van der Waals surface area contributed by atoms with E-state index in [0.717, 1.165) is 24.1 Å². The number of carboxylic acid groups (broad SMARTS) is 1. The highest BCUT2D eigenvalue weighted by molar-refractivity contribution is 6.30. The first kappa shape index (κ1) is 18.4. The van der Waals surface area contributed by atoms with Gasteiger partial charge in [0.05, 0.1) is 16.6 Å². The number of rotatable bonds is 6. The molecule has 0 atom stereocenters. The third-order valence-corrected chi connectivity index (χ3v) is 5.01. The number of aryl methyl sites for hydroxylation is 1. The molecule has 1 aliphatic rings. The zero-order valence-electron chi connectivity index (χ0n) is 15.2. The summed E-state index contributed by atoms with van der Waals surface area (Å²) in [4.78, 5) is 30.5. The Morgan fingerprint density at radius 3 is 2.64 bits per heavy atom. The van der Waals surface area contributed by atoms with Crippen LogP contribution < -0.4 is 0 Å². The average Bonchev–Trinajstić information content (AvgIpc) is 3.45. The van der Waals surface area contributed by atoms with E-state index in [0.29, 0.717) is 33.3 Å². The van der Waals surface area contributed by atoms with Gasteiger partial charge in [0.1, 0.15) is 6.54 Å². The van der Waals surface area contributed by atoms with Gasteiger partial charge in [-0.15, -0.1) is 0 Å². The lowest BCUT2D eigenvalue weighted by molar-refractivity contribution is -0.137. The number of amides is 1. The minimum atomic E-state index is -1.09. The fourth-order valence-corrected chi connectivity index (χ4v) is 3.34. The normalized spacial score (nSPS) is 13.6. The molecule has 0 radical (unpaired) electrons. The van der Waals surface area contributed by atoms with Crippen molar-refractivity contribution < 1.29 is 19.2 Å². The Labute approximate surface area is 165 Å². The van der Waals surface area contributed by atoms with Crippen LogP contribution in [0, 0.1) is 6.92 Å². The number of hydrogen-bond acceptors (Lipinski definition) is 5. The molecule has 7 nitrogen and oxygen atoms in total. The van der Waals surface area contributed by atoms with Crippen molar-refractivity contribution in [3.63, 3.8) is 0 Å². The van der Waals surface area contributed by atoms with Crippen LogP contribution in [0.25, 0.3) is 11.1 Å². The largest absolute Gasteiger partial charge is 0.480 e. The second-order valence-electron chi connectivity index (χ2n) is 7.00. The van der Waals surface area contributed by atoms with E-state index in [2.05, 4.69) is 10.1 Å². The molecule has 1 aliphatic carbocycles. The van der Waals surface area contributed by atoms with Gasteiger partial charge in [0.15, 0.2) is 0 Å². The lowest BCUT2D eigenvalue weighted by Crippen LogP contribution is -2.35. The van der Waals surface area contributed by atoms with Gasteiger partial charge >= 0.3 is 5.97 Å². The van der Waals surface area contributed by atoms with Crippen molar-refractivity contribution in [3.05, 3.63) is 57.9 Å². The minimum Gasteiger partial charge on any atom is -0.480 e. The summed E-state index contributed by atoms with van der Waals surface area (Å²) in [7, 11) is 0. The van der Waals surface area contributed by atoms with Gasteiger partial charge in [0.2, 0.25) is 0 Å². The summed E-state index contributed by atoms with van der Waals surface area (Å²) < 4.78 is 5.29. The van der Waals surface area contributed by atoms with Crippen molar-refractivity contribution >= 4 is 34.6 Å². The third-order valence-electron chi connectivity index (χ3n) is 4.76. The predicted molar refractivity (Wildman–Crippen MR) is 102 cm³/mol. The molecule has 1 aromatic carbocycles. The molecule has 0 saturated heterocycles. The first-order chi connectivity index (χ1) is 13.4. The molecular formula is C20H18ClN3O4. The van der Waals surface area contributed by atoms with Crippen LogP contribution in [0.1, 0.15) is 46.1 Å². The molecule has 0 spiro atoms. The van der Waals surface area contributed by atoms with Crippen molar-refractivity contribution in [1.82, 2.24) is 15.0 Å². The van der Waals surface area contributed by atoms with Crippen molar-refractivity contribution in [1.29, 1.82) is 0 Å². The third kappa shape index (κ3) is 3.71. The standard InChI is InChI=1S/C20H18ClN3O4/c1-11-18-15(8-16(13-4-5-13)22-19(18)28-23-11)20(27)24(10-17(25)26)9-12-2-6-14(21)7-3-12/h2-3,6-8,13H,4-5,9-10H2,1H3,(H,25,26). The monoisotopic (exact) mass is 399 g/mol. The fourth-order valence-electron chi connectivity index (χ4n) is 3.21. The number of aromatic nitrogens is 2. The smallest absolute Gasteiger partial charge is 0.323 e.